The predicted molar refractivity (Wildman–Crippen MR) is 70.6 cm³/mol. The Bertz CT molecular complexity index is 459. The van der Waals surface area contributed by atoms with E-state index in [1.165, 1.54) is 0 Å². The van der Waals surface area contributed by atoms with Gasteiger partial charge < -0.3 is 5.32 Å². The van der Waals surface area contributed by atoms with Crippen LogP contribution in [0.25, 0.3) is 0 Å². The monoisotopic (exact) mass is 265 g/mol. The molecule has 0 spiro atoms. The summed E-state index contributed by atoms with van der Waals surface area (Å²) >= 11 is 5.87. The second-order valence-corrected chi connectivity index (χ2v) is 5.12. The molecule has 1 aliphatic heterocycles. The first kappa shape index (κ1) is 13.1. The highest BCUT2D eigenvalue weighted by Crippen LogP contribution is 2.15. The van der Waals surface area contributed by atoms with Crippen LogP contribution >= 0.6 is 11.6 Å². The second kappa shape index (κ2) is 6.01. The molecular formula is C14H16ClNO2. The van der Waals surface area contributed by atoms with E-state index in [0.29, 0.717) is 24.3 Å². The Morgan fingerprint density at radius 3 is 2.94 bits per heavy atom. The molecule has 2 rings (SSSR count). The number of hydrogen-bond acceptors (Lipinski definition) is 2. The minimum atomic E-state index is 0.0993. The molecule has 0 aliphatic carbocycles. The van der Waals surface area contributed by atoms with Crippen LogP contribution in [0.1, 0.15) is 31.2 Å². The molecular weight excluding hydrogens is 250 g/mol. The first-order chi connectivity index (χ1) is 8.63. The van der Waals surface area contributed by atoms with Crippen LogP contribution in [0.4, 0.5) is 0 Å². The average molecular weight is 266 g/mol. The maximum absolute atomic E-state index is 11.8. The molecule has 0 bridgehead atoms. The van der Waals surface area contributed by atoms with Crippen molar-refractivity contribution >= 4 is 23.3 Å². The van der Waals surface area contributed by atoms with Crippen LogP contribution in [0.5, 0.6) is 0 Å². The van der Waals surface area contributed by atoms with Crippen molar-refractivity contribution < 1.29 is 9.59 Å². The van der Waals surface area contributed by atoms with E-state index >= 15 is 0 Å². The van der Waals surface area contributed by atoms with Crippen LogP contribution in [0, 0.1) is 0 Å². The van der Waals surface area contributed by atoms with Gasteiger partial charge in [0.1, 0.15) is 5.78 Å². The van der Waals surface area contributed by atoms with Crippen LogP contribution in [0.15, 0.2) is 24.3 Å². The molecule has 1 N–H and O–H groups in total. The van der Waals surface area contributed by atoms with E-state index in [2.05, 4.69) is 5.32 Å². The molecule has 1 unspecified atom stereocenters. The summed E-state index contributed by atoms with van der Waals surface area (Å²) in [6.45, 7) is 0. The fourth-order valence-electron chi connectivity index (χ4n) is 2.19. The number of rotatable bonds is 5. The van der Waals surface area contributed by atoms with Crippen molar-refractivity contribution in [3.63, 3.8) is 0 Å². The highest BCUT2D eigenvalue weighted by molar-refractivity contribution is 6.30. The summed E-state index contributed by atoms with van der Waals surface area (Å²) in [5.41, 5.74) is 0.947. The molecule has 1 heterocycles. The average Bonchev–Trinajstić information content (AvgIpc) is 2.73. The summed E-state index contributed by atoms with van der Waals surface area (Å²) in [4.78, 5) is 22.8. The van der Waals surface area contributed by atoms with Gasteiger partial charge in [-0.15, -0.1) is 0 Å². The fraction of sp³-hybridized carbons (Fsp3) is 0.429. The van der Waals surface area contributed by atoms with Crippen molar-refractivity contribution in [2.24, 2.45) is 0 Å². The van der Waals surface area contributed by atoms with E-state index in [1.807, 2.05) is 18.2 Å². The Labute approximate surface area is 112 Å². The normalized spacial score (nSPS) is 18.7. The quantitative estimate of drug-likeness (QED) is 0.889. The minimum Gasteiger partial charge on any atom is -0.353 e. The first-order valence-electron chi connectivity index (χ1n) is 6.19. The summed E-state index contributed by atoms with van der Waals surface area (Å²) in [5.74, 6) is 0.292. The zero-order chi connectivity index (χ0) is 13.0. The van der Waals surface area contributed by atoms with Crippen molar-refractivity contribution in [3.8, 4) is 0 Å². The highest BCUT2D eigenvalue weighted by Gasteiger charge is 2.21. The van der Waals surface area contributed by atoms with E-state index < -0.39 is 0 Å². The molecule has 0 radical (unpaired) electrons. The number of hydrogen-bond donors (Lipinski definition) is 1. The van der Waals surface area contributed by atoms with Gasteiger partial charge in [-0.2, -0.15) is 0 Å². The number of carbonyl (C=O) groups excluding carboxylic acids is 2. The van der Waals surface area contributed by atoms with Gasteiger partial charge in [0.25, 0.3) is 0 Å². The lowest BCUT2D eigenvalue weighted by atomic mass is 10.0. The van der Waals surface area contributed by atoms with Gasteiger partial charge in [-0.05, 0) is 30.5 Å². The van der Waals surface area contributed by atoms with Crippen LogP contribution in [0.2, 0.25) is 5.02 Å². The summed E-state index contributed by atoms with van der Waals surface area (Å²) in [7, 11) is 0. The van der Waals surface area contributed by atoms with Crippen LogP contribution in [-0.2, 0) is 16.0 Å². The van der Waals surface area contributed by atoms with Gasteiger partial charge in [-0.3, -0.25) is 9.59 Å². The van der Waals surface area contributed by atoms with E-state index in [-0.39, 0.29) is 17.7 Å². The number of carbonyl (C=O) groups is 2. The Kier molecular flexibility index (Phi) is 4.37. The van der Waals surface area contributed by atoms with Gasteiger partial charge in [-0.25, -0.2) is 0 Å². The van der Waals surface area contributed by atoms with Crippen molar-refractivity contribution in [3.05, 3.63) is 34.9 Å². The molecule has 3 nitrogen and oxygen atoms in total. The zero-order valence-electron chi connectivity index (χ0n) is 10.1. The van der Waals surface area contributed by atoms with Crippen molar-refractivity contribution in [1.82, 2.24) is 5.32 Å². The summed E-state index contributed by atoms with van der Waals surface area (Å²) in [6.07, 6.45) is 3.11. The zero-order valence-corrected chi connectivity index (χ0v) is 10.9. The minimum absolute atomic E-state index is 0.0993. The SMILES string of the molecule is O=C(CCC1CCC(=O)N1)Cc1cccc(Cl)c1. The fourth-order valence-corrected chi connectivity index (χ4v) is 2.40. The summed E-state index contributed by atoms with van der Waals surface area (Å²) < 4.78 is 0. The highest BCUT2D eigenvalue weighted by atomic mass is 35.5. The number of Topliss-reactive ketones (excluding diaryl/α,β-unsaturated/α-hetero) is 1. The van der Waals surface area contributed by atoms with Crippen molar-refractivity contribution in [1.29, 1.82) is 0 Å². The lowest BCUT2D eigenvalue weighted by molar-refractivity contribution is -0.120. The standard InChI is InChI=1S/C14H16ClNO2/c15-11-3-1-2-10(8-11)9-13(17)6-4-12-5-7-14(18)16-12/h1-3,8,12H,4-7,9H2,(H,16,18). The van der Waals surface area contributed by atoms with Crippen LogP contribution < -0.4 is 5.32 Å². The third kappa shape index (κ3) is 3.84. The number of benzene rings is 1. The number of nitrogens with one attached hydrogen (secondary N) is 1. The lowest BCUT2D eigenvalue weighted by Crippen LogP contribution is -2.25. The molecule has 1 aliphatic rings. The Balaban J connectivity index is 1.77. The molecule has 1 fully saturated rings. The Morgan fingerprint density at radius 2 is 2.28 bits per heavy atom. The molecule has 1 aromatic rings. The third-order valence-electron chi connectivity index (χ3n) is 3.15. The Morgan fingerprint density at radius 1 is 1.44 bits per heavy atom. The third-order valence-corrected chi connectivity index (χ3v) is 3.38. The molecule has 0 saturated carbocycles. The second-order valence-electron chi connectivity index (χ2n) is 4.69. The van der Waals surface area contributed by atoms with E-state index in [1.54, 1.807) is 6.07 Å². The van der Waals surface area contributed by atoms with Gasteiger partial charge >= 0.3 is 0 Å². The van der Waals surface area contributed by atoms with Crippen LogP contribution in [0.3, 0.4) is 0 Å². The van der Waals surface area contributed by atoms with Gasteiger partial charge in [0.15, 0.2) is 0 Å². The smallest absolute Gasteiger partial charge is 0.220 e. The molecule has 4 heteroatoms. The maximum Gasteiger partial charge on any atom is 0.220 e. The van der Waals surface area contributed by atoms with E-state index in [9.17, 15) is 9.59 Å². The molecule has 1 amide bonds. The summed E-state index contributed by atoms with van der Waals surface area (Å²) in [5, 5.41) is 3.53. The van der Waals surface area contributed by atoms with Gasteiger partial charge in [0.05, 0.1) is 0 Å². The molecule has 0 aromatic heterocycles. The topological polar surface area (TPSA) is 46.2 Å². The molecule has 1 atom stereocenters. The predicted octanol–water partition coefficient (Wildman–Crippen LogP) is 2.51. The van der Waals surface area contributed by atoms with E-state index in [0.717, 1.165) is 18.4 Å². The number of ketones is 1. The van der Waals surface area contributed by atoms with E-state index in [4.69, 9.17) is 11.6 Å². The van der Waals surface area contributed by atoms with Gasteiger partial charge in [0, 0.05) is 30.3 Å². The molecule has 18 heavy (non-hydrogen) atoms. The largest absolute Gasteiger partial charge is 0.353 e. The molecule has 1 aromatic carbocycles. The lowest BCUT2D eigenvalue weighted by Gasteiger charge is -2.08. The first-order valence-corrected chi connectivity index (χ1v) is 6.57. The van der Waals surface area contributed by atoms with Crippen LogP contribution in [-0.4, -0.2) is 17.7 Å². The molecule has 1 saturated heterocycles. The van der Waals surface area contributed by atoms with Gasteiger partial charge in [0.2, 0.25) is 5.91 Å². The summed E-state index contributed by atoms with van der Waals surface area (Å²) in [6, 6.07) is 7.55. The van der Waals surface area contributed by atoms with Crippen molar-refractivity contribution in [2.45, 2.75) is 38.1 Å². The Hall–Kier alpha value is -1.35. The maximum atomic E-state index is 11.8. The van der Waals surface area contributed by atoms with Gasteiger partial charge in [-0.1, -0.05) is 23.7 Å². The van der Waals surface area contributed by atoms with Crippen molar-refractivity contribution in [2.75, 3.05) is 0 Å². The number of amides is 1. The molecule has 96 valence electrons. The number of halogens is 1.